The van der Waals surface area contributed by atoms with Crippen molar-refractivity contribution in [1.82, 2.24) is 4.90 Å². The van der Waals surface area contributed by atoms with Gasteiger partial charge in [-0.05, 0) is 6.92 Å². The van der Waals surface area contributed by atoms with E-state index in [2.05, 4.69) is 7.28 Å². The number of rotatable bonds is 3. The number of carbonyl (C=O) groups is 2. The lowest BCUT2D eigenvalue weighted by molar-refractivity contribution is -0.144. The molecule has 2 heterocycles. The highest BCUT2D eigenvalue weighted by atomic mass is 16.4. The first kappa shape index (κ1) is 13.4. The summed E-state index contributed by atoms with van der Waals surface area (Å²) in [7, 11) is 2.08. The zero-order valence-corrected chi connectivity index (χ0v) is 10.7. The largest absolute Gasteiger partial charge is 0.480 e. The number of nitrogens with zero attached hydrogens (tertiary/aromatic N) is 1. The van der Waals surface area contributed by atoms with Crippen LogP contribution >= 0.6 is 0 Å². The number of carboxylic acids is 1. The molecule has 2 saturated heterocycles. The van der Waals surface area contributed by atoms with Crippen molar-refractivity contribution in [1.29, 1.82) is 0 Å². The molecule has 2 aliphatic heterocycles. The summed E-state index contributed by atoms with van der Waals surface area (Å²) in [5, 5.41) is 9.34. The van der Waals surface area contributed by atoms with E-state index in [1.807, 2.05) is 6.92 Å². The van der Waals surface area contributed by atoms with E-state index in [-0.39, 0.29) is 24.2 Å². The fourth-order valence-corrected chi connectivity index (χ4v) is 2.83. The van der Waals surface area contributed by atoms with Crippen molar-refractivity contribution < 1.29 is 14.7 Å². The van der Waals surface area contributed by atoms with Crippen LogP contribution in [0.3, 0.4) is 0 Å². The van der Waals surface area contributed by atoms with Gasteiger partial charge < -0.3 is 21.5 Å². The zero-order chi connectivity index (χ0) is 13.7. The molecule has 5 N–H and O–H groups in total. The van der Waals surface area contributed by atoms with Crippen LogP contribution in [0.5, 0.6) is 0 Å². The average molecular weight is 252 g/mol. The summed E-state index contributed by atoms with van der Waals surface area (Å²) in [5.41, 5.74) is 10.2. The quantitative estimate of drug-likeness (QED) is 0.551. The lowest BCUT2D eigenvalue weighted by Crippen LogP contribution is -2.55. The molecule has 1 radical (unpaired) electrons. The van der Waals surface area contributed by atoms with Crippen molar-refractivity contribution in [3.63, 3.8) is 0 Å². The highest BCUT2D eigenvalue weighted by Crippen LogP contribution is 2.52. The molecule has 5 atom stereocenters. The van der Waals surface area contributed by atoms with E-state index < -0.39 is 17.6 Å². The Morgan fingerprint density at radius 2 is 2.11 bits per heavy atom. The molecule has 0 bridgehead atoms. The molecule has 2 unspecified atom stereocenters. The molecule has 1 amide bonds. The van der Waals surface area contributed by atoms with E-state index in [0.717, 1.165) is 0 Å². The maximum absolute atomic E-state index is 11.9. The molecule has 0 aliphatic carbocycles. The molecule has 0 aromatic heterocycles. The number of carboxylic acid groups (broad SMARTS) is 1. The van der Waals surface area contributed by atoms with Crippen molar-refractivity contribution in [2.45, 2.75) is 37.1 Å². The van der Waals surface area contributed by atoms with Crippen LogP contribution in [0.2, 0.25) is 11.6 Å². The Balaban J connectivity index is 2.18. The molecular formula is C11H19BN3O3. The van der Waals surface area contributed by atoms with Crippen molar-refractivity contribution in [2.24, 2.45) is 17.4 Å². The third-order valence-electron chi connectivity index (χ3n) is 4.09. The summed E-state index contributed by atoms with van der Waals surface area (Å²) in [6, 6.07) is -0.623. The molecule has 0 spiro atoms. The normalized spacial score (nSPS) is 40.2. The second-order valence-electron chi connectivity index (χ2n) is 5.59. The second-order valence-corrected chi connectivity index (χ2v) is 5.59. The fraction of sp³-hybridized carbons (Fsp3) is 0.818. The Morgan fingerprint density at radius 3 is 2.50 bits per heavy atom. The Kier molecular flexibility index (Phi) is 3.15. The SMILES string of the molecule is CC1[B]C1[C@H]1CN(C(=O)[C@H](C)N)C[C@@]1(N)C(=O)O. The van der Waals surface area contributed by atoms with E-state index in [1.165, 1.54) is 4.90 Å². The molecule has 18 heavy (non-hydrogen) atoms. The third kappa shape index (κ3) is 2.01. The number of amides is 1. The first-order chi connectivity index (χ1) is 8.27. The van der Waals surface area contributed by atoms with Gasteiger partial charge >= 0.3 is 5.97 Å². The van der Waals surface area contributed by atoms with Gasteiger partial charge in [0.25, 0.3) is 0 Å². The zero-order valence-electron chi connectivity index (χ0n) is 10.7. The van der Waals surface area contributed by atoms with Gasteiger partial charge in [0.05, 0.1) is 6.04 Å². The topological polar surface area (TPSA) is 110 Å². The molecule has 7 heteroatoms. The predicted molar refractivity (Wildman–Crippen MR) is 67.2 cm³/mol. The Hall–Kier alpha value is -1.08. The number of hydrogen-bond donors (Lipinski definition) is 3. The Morgan fingerprint density at radius 1 is 1.56 bits per heavy atom. The smallest absolute Gasteiger partial charge is 0.325 e. The van der Waals surface area contributed by atoms with Crippen LogP contribution in [0.15, 0.2) is 0 Å². The van der Waals surface area contributed by atoms with Gasteiger partial charge in [0.1, 0.15) is 12.8 Å². The summed E-state index contributed by atoms with van der Waals surface area (Å²) < 4.78 is 0. The van der Waals surface area contributed by atoms with Crippen LogP contribution in [-0.2, 0) is 9.59 Å². The van der Waals surface area contributed by atoms with Crippen molar-refractivity contribution in [3.05, 3.63) is 0 Å². The second kappa shape index (κ2) is 4.24. The minimum absolute atomic E-state index is 0.0461. The predicted octanol–water partition coefficient (Wildman–Crippen LogP) is -1.11. The Bertz CT molecular complexity index is 390. The maximum atomic E-state index is 11.9. The molecule has 0 saturated carbocycles. The van der Waals surface area contributed by atoms with Crippen molar-refractivity contribution >= 4 is 19.2 Å². The minimum atomic E-state index is -1.35. The summed E-state index contributed by atoms with van der Waals surface area (Å²) >= 11 is 0. The van der Waals surface area contributed by atoms with E-state index in [4.69, 9.17) is 11.5 Å². The molecule has 6 nitrogen and oxygen atoms in total. The fourth-order valence-electron chi connectivity index (χ4n) is 2.83. The number of aliphatic carboxylic acids is 1. The molecule has 0 aromatic rings. The molecule has 2 fully saturated rings. The Labute approximate surface area is 107 Å². The first-order valence-corrected chi connectivity index (χ1v) is 6.19. The van der Waals surface area contributed by atoms with E-state index in [0.29, 0.717) is 12.4 Å². The van der Waals surface area contributed by atoms with Gasteiger partial charge in [-0.1, -0.05) is 18.6 Å². The highest BCUT2D eigenvalue weighted by Gasteiger charge is 2.58. The molecule has 2 aliphatic rings. The lowest BCUT2D eigenvalue weighted by Gasteiger charge is -2.25. The number of carbonyl (C=O) groups excluding carboxylic acids is 1. The standard InChI is InChI=1S/C11H19BN3O3/c1-5-8(12-5)7-3-15(9(16)6(2)13)4-11(7,14)10(17)18/h5-8H,3-4,13-14H2,1-2H3,(H,17,18)/t5?,6-,7+,8?,11-/m0/s1. The van der Waals surface area contributed by atoms with Crippen molar-refractivity contribution in [2.75, 3.05) is 13.1 Å². The summed E-state index contributed by atoms with van der Waals surface area (Å²) in [5.74, 6) is -0.922. The number of hydrogen-bond acceptors (Lipinski definition) is 4. The van der Waals surface area contributed by atoms with Crippen molar-refractivity contribution in [3.8, 4) is 0 Å². The van der Waals surface area contributed by atoms with Crippen LogP contribution in [0.1, 0.15) is 13.8 Å². The lowest BCUT2D eigenvalue weighted by atomic mass is 9.79. The van der Waals surface area contributed by atoms with Gasteiger partial charge in [-0.25, -0.2) is 0 Å². The minimum Gasteiger partial charge on any atom is -0.480 e. The van der Waals surface area contributed by atoms with Gasteiger partial charge in [0, 0.05) is 19.0 Å². The highest BCUT2D eigenvalue weighted by molar-refractivity contribution is 6.53. The molecular weight excluding hydrogens is 233 g/mol. The van der Waals surface area contributed by atoms with E-state index in [1.54, 1.807) is 6.92 Å². The van der Waals surface area contributed by atoms with Crippen LogP contribution in [0, 0.1) is 5.92 Å². The first-order valence-electron chi connectivity index (χ1n) is 6.19. The van der Waals surface area contributed by atoms with Gasteiger partial charge in [0.15, 0.2) is 0 Å². The van der Waals surface area contributed by atoms with Gasteiger partial charge in [-0.3, -0.25) is 9.59 Å². The van der Waals surface area contributed by atoms with Gasteiger partial charge in [-0.2, -0.15) is 0 Å². The van der Waals surface area contributed by atoms with E-state index in [9.17, 15) is 14.7 Å². The van der Waals surface area contributed by atoms with Crippen LogP contribution < -0.4 is 11.5 Å². The average Bonchev–Trinajstić information content (AvgIpc) is 2.87. The maximum Gasteiger partial charge on any atom is 0.325 e. The van der Waals surface area contributed by atoms with Crippen LogP contribution in [0.25, 0.3) is 0 Å². The summed E-state index contributed by atoms with van der Waals surface area (Å²) in [6.45, 7) is 4.06. The number of likely N-dealkylation sites (tertiary alicyclic amines) is 1. The van der Waals surface area contributed by atoms with Gasteiger partial charge in [-0.15, -0.1) is 0 Å². The van der Waals surface area contributed by atoms with Crippen LogP contribution in [-0.4, -0.2) is 53.8 Å². The molecule has 99 valence electrons. The van der Waals surface area contributed by atoms with E-state index >= 15 is 0 Å². The van der Waals surface area contributed by atoms with Gasteiger partial charge in [0.2, 0.25) is 5.91 Å². The number of nitrogens with two attached hydrogens (primary N) is 2. The summed E-state index contributed by atoms with van der Waals surface area (Å²) in [6.07, 6.45) is 0. The molecule has 2 rings (SSSR count). The van der Waals surface area contributed by atoms with Crippen LogP contribution in [0.4, 0.5) is 0 Å². The molecule has 0 aromatic carbocycles. The summed E-state index contributed by atoms with van der Waals surface area (Å²) in [4.78, 5) is 24.8. The monoisotopic (exact) mass is 252 g/mol. The third-order valence-corrected chi connectivity index (χ3v) is 4.09.